The minimum atomic E-state index is -0.837. The van der Waals surface area contributed by atoms with Crippen LogP contribution in [-0.2, 0) is 9.59 Å². The van der Waals surface area contributed by atoms with Gasteiger partial charge in [0.25, 0.3) is 5.91 Å². The summed E-state index contributed by atoms with van der Waals surface area (Å²) in [5.74, 6) is -1.79. The fraction of sp³-hybridized carbons (Fsp3) is 0.500. The van der Waals surface area contributed by atoms with Crippen LogP contribution in [0.15, 0.2) is 30.3 Å². The Balaban J connectivity index is 2.07. The zero-order chi connectivity index (χ0) is 17.7. The standard InChI is InChI=1S/C18H24N2O4/c1-19(2)15-10-11-20(12-14(15)8-9-16(21)22)18(24)17(23)13-6-4-3-5-7-13/h3-7,14-15H,8-12H2,1-2H3,(H,21,22)/t14-,15+/m0/s1. The number of Topliss-reactive ketones (excluding diaryl/α,β-unsaturated/α-hetero) is 1. The Morgan fingerprint density at radius 1 is 1.21 bits per heavy atom. The molecule has 1 aromatic carbocycles. The van der Waals surface area contributed by atoms with Crippen LogP contribution in [0.4, 0.5) is 0 Å². The molecule has 2 rings (SSSR count). The van der Waals surface area contributed by atoms with Crippen molar-refractivity contribution < 1.29 is 19.5 Å². The van der Waals surface area contributed by atoms with Crippen molar-refractivity contribution >= 4 is 17.7 Å². The maximum Gasteiger partial charge on any atom is 0.303 e. The van der Waals surface area contributed by atoms with Crippen LogP contribution in [0, 0.1) is 5.92 Å². The molecule has 1 saturated heterocycles. The number of likely N-dealkylation sites (tertiary alicyclic amines) is 1. The van der Waals surface area contributed by atoms with Crippen molar-refractivity contribution in [2.75, 3.05) is 27.2 Å². The fourth-order valence-electron chi connectivity index (χ4n) is 3.33. The number of amides is 1. The summed E-state index contributed by atoms with van der Waals surface area (Å²) >= 11 is 0. The van der Waals surface area contributed by atoms with Crippen LogP contribution in [0.2, 0.25) is 0 Å². The quantitative estimate of drug-likeness (QED) is 0.631. The van der Waals surface area contributed by atoms with Crippen molar-refractivity contribution in [2.45, 2.75) is 25.3 Å². The van der Waals surface area contributed by atoms with E-state index < -0.39 is 17.7 Å². The van der Waals surface area contributed by atoms with E-state index in [-0.39, 0.29) is 18.4 Å². The van der Waals surface area contributed by atoms with Crippen LogP contribution in [-0.4, -0.2) is 65.8 Å². The van der Waals surface area contributed by atoms with Crippen molar-refractivity contribution in [3.8, 4) is 0 Å². The summed E-state index contributed by atoms with van der Waals surface area (Å²) in [5, 5.41) is 8.93. The van der Waals surface area contributed by atoms with E-state index in [0.717, 1.165) is 6.42 Å². The van der Waals surface area contributed by atoms with Crippen LogP contribution in [0.25, 0.3) is 0 Å². The number of ketones is 1. The molecule has 1 N–H and O–H groups in total. The minimum Gasteiger partial charge on any atom is -0.481 e. The maximum atomic E-state index is 12.5. The van der Waals surface area contributed by atoms with E-state index in [4.69, 9.17) is 5.11 Å². The normalized spacial score (nSPS) is 20.9. The Morgan fingerprint density at radius 2 is 1.88 bits per heavy atom. The first-order valence-electron chi connectivity index (χ1n) is 8.17. The molecule has 0 radical (unpaired) electrons. The van der Waals surface area contributed by atoms with Crippen molar-refractivity contribution in [1.29, 1.82) is 0 Å². The van der Waals surface area contributed by atoms with Crippen LogP contribution in [0.5, 0.6) is 0 Å². The Labute approximate surface area is 142 Å². The third kappa shape index (κ3) is 4.41. The lowest BCUT2D eigenvalue weighted by atomic mass is 9.87. The summed E-state index contributed by atoms with van der Waals surface area (Å²) in [7, 11) is 3.93. The molecule has 130 valence electrons. The van der Waals surface area contributed by atoms with E-state index in [2.05, 4.69) is 4.90 Å². The van der Waals surface area contributed by atoms with E-state index in [1.807, 2.05) is 14.1 Å². The van der Waals surface area contributed by atoms with Crippen LogP contribution in [0.3, 0.4) is 0 Å². The van der Waals surface area contributed by atoms with Crippen molar-refractivity contribution in [3.05, 3.63) is 35.9 Å². The van der Waals surface area contributed by atoms with Gasteiger partial charge in [-0.15, -0.1) is 0 Å². The Morgan fingerprint density at radius 3 is 2.46 bits per heavy atom. The Kier molecular flexibility index (Phi) is 6.09. The van der Waals surface area contributed by atoms with Gasteiger partial charge < -0.3 is 14.9 Å². The van der Waals surface area contributed by atoms with Crippen LogP contribution < -0.4 is 0 Å². The Bertz CT molecular complexity index is 600. The zero-order valence-corrected chi connectivity index (χ0v) is 14.1. The molecule has 0 aromatic heterocycles. The SMILES string of the molecule is CN(C)[C@@H]1CCN(C(=O)C(=O)c2ccccc2)C[C@@H]1CCC(=O)O. The van der Waals surface area contributed by atoms with Gasteiger partial charge in [0.1, 0.15) is 0 Å². The summed E-state index contributed by atoms with van der Waals surface area (Å²) in [4.78, 5) is 39.4. The molecule has 1 amide bonds. The molecule has 6 heteroatoms. The number of piperidine rings is 1. The minimum absolute atomic E-state index is 0.0531. The average Bonchev–Trinajstić information content (AvgIpc) is 2.59. The molecule has 0 spiro atoms. The number of carbonyl (C=O) groups excluding carboxylic acids is 2. The molecule has 1 aliphatic heterocycles. The summed E-state index contributed by atoms with van der Waals surface area (Å²) in [6.45, 7) is 0.942. The average molecular weight is 332 g/mol. The predicted molar refractivity (Wildman–Crippen MR) is 89.8 cm³/mol. The predicted octanol–water partition coefficient (Wildman–Crippen LogP) is 1.51. The van der Waals surface area contributed by atoms with Gasteiger partial charge in [0.15, 0.2) is 0 Å². The third-order valence-electron chi connectivity index (χ3n) is 4.60. The number of nitrogens with zero attached hydrogens (tertiary/aromatic N) is 2. The summed E-state index contributed by atoms with van der Waals surface area (Å²) in [6.07, 6.45) is 1.32. The fourth-order valence-corrected chi connectivity index (χ4v) is 3.33. The number of aliphatic carboxylic acids is 1. The molecule has 1 heterocycles. The number of benzene rings is 1. The molecule has 0 aliphatic carbocycles. The van der Waals surface area contributed by atoms with Gasteiger partial charge in [-0.3, -0.25) is 14.4 Å². The molecule has 0 saturated carbocycles. The number of carboxylic acids is 1. The molecule has 1 aliphatic rings. The highest BCUT2D eigenvalue weighted by molar-refractivity contribution is 6.42. The third-order valence-corrected chi connectivity index (χ3v) is 4.60. The zero-order valence-electron chi connectivity index (χ0n) is 14.1. The molecular weight excluding hydrogens is 308 g/mol. The first-order valence-corrected chi connectivity index (χ1v) is 8.17. The second-order valence-corrected chi connectivity index (χ2v) is 6.46. The van der Waals surface area contributed by atoms with Gasteiger partial charge in [-0.05, 0) is 32.9 Å². The van der Waals surface area contributed by atoms with E-state index in [9.17, 15) is 14.4 Å². The maximum absolute atomic E-state index is 12.5. The number of hydrogen-bond acceptors (Lipinski definition) is 4. The highest BCUT2D eigenvalue weighted by Crippen LogP contribution is 2.25. The van der Waals surface area contributed by atoms with Crippen molar-refractivity contribution in [2.24, 2.45) is 5.92 Å². The highest BCUT2D eigenvalue weighted by atomic mass is 16.4. The van der Waals surface area contributed by atoms with E-state index in [0.29, 0.717) is 25.1 Å². The van der Waals surface area contributed by atoms with Crippen LogP contribution >= 0.6 is 0 Å². The summed E-state index contributed by atoms with van der Waals surface area (Å²) in [6, 6.07) is 8.75. The summed E-state index contributed by atoms with van der Waals surface area (Å²) < 4.78 is 0. The Hall–Kier alpha value is -2.21. The van der Waals surface area contributed by atoms with Gasteiger partial charge in [-0.2, -0.15) is 0 Å². The number of carbonyl (C=O) groups is 3. The molecule has 2 atom stereocenters. The lowest BCUT2D eigenvalue weighted by Gasteiger charge is -2.41. The van der Waals surface area contributed by atoms with Crippen molar-refractivity contribution in [1.82, 2.24) is 9.80 Å². The van der Waals surface area contributed by atoms with E-state index in [1.54, 1.807) is 35.2 Å². The molecule has 24 heavy (non-hydrogen) atoms. The molecule has 1 aromatic rings. The molecule has 0 unspecified atom stereocenters. The first-order chi connectivity index (χ1) is 11.4. The lowest BCUT2D eigenvalue weighted by Crippen LogP contribution is -2.52. The largest absolute Gasteiger partial charge is 0.481 e. The topological polar surface area (TPSA) is 77.9 Å². The van der Waals surface area contributed by atoms with Gasteiger partial charge in [0.2, 0.25) is 5.78 Å². The monoisotopic (exact) mass is 332 g/mol. The first kappa shape index (κ1) is 18.1. The number of hydrogen-bond donors (Lipinski definition) is 1. The van der Waals surface area contributed by atoms with Crippen LogP contribution in [0.1, 0.15) is 29.6 Å². The highest BCUT2D eigenvalue weighted by Gasteiger charge is 2.34. The van der Waals surface area contributed by atoms with Gasteiger partial charge in [-0.25, -0.2) is 0 Å². The smallest absolute Gasteiger partial charge is 0.303 e. The second kappa shape index (κ2) is 8.06. The lowest BCUT2D eigenvalue weighted by molar-refractivity contribution is -0.137. The molecule has 1 fully saturated rings. The number of carboxylic acid groups (broad SMARTS) is 1. The molecule has 6 nitrogen and oxygen atoms in total. The van der Waals surface area contributed by atoms with E-state index in [1.165, 1.54) is 0 Å². The summed E-state index contributed by atoms with van der Waals surface area (Å²) in [5.41, 5.74) is 0.388. The van der Waals surface area contributed by atoms with Gasteiger partial charge in [0.05, 0.1) is 0 Å². The van der Waals surface area contributed by atoms with E-state index >= 15 is 0 Å². The molecular formula is C18H24N2O4. The van der Waals surface area contributed by atoms with Gasteiger partial charge in [0, 0.05) is 31.1 Å². The second-order valence-electron chi connectivity index (χ2n) is 6.46. The van der Waals surface area contributed by atoms with Crippen molar-refractivity contribution in [3.63, 3.8) is 0 Å². The molecule has 0 bridgehead atoms. The van der Waals surface area contributed by atoms with Gasteiger partial charge >= 0.3 is 5.97 Å². The number of rotatable bonds is 6. The van der Waals surface area contributed by atoms with Gasteiger partial charge in [-0.1, -0.05) is 30.3 Å².